The van der Waals surface area contributed by atoms with Crippen LogP contribution in [0.2, 0.25) is 0 Å². The maximum atomic E-state index is 13.8. The van der Waals surface area contributed by atoms with Gasteiger partial charge in [-0.05, 0) is 60.7 Å². The number of halogens is 6. The molecule has 7 aliphatic rings. The van der Waals surface area contributed by atoms with E-state index in [9.17, 15) is 41.0 Å². The van der Waals surface area contributed by atoms with Crippen LogP contribution in [-0.4, -0.2) is 119 Å². The number of hydrogen-bond donors (Lipinski definition) is 3. The van der Waals surface area contributed by atoms with Crippen LogP contribution in [0.5, 0.6) is 0 Å². The van der Waals surface area contributed by atoms with Gasteiger partial charge in [-0.1, -0.05) is 13.8 Å². The Bertz CT molecular complexity index is 1890. The Balaban J connectivity index is 0.000000199. The summed E-state index contributed by atoms with van der Waals surface area (Å²) >= 11 is 0. The van der Waals surface area contributed by atoms with Crippen molar-refractivity contribution in [2.24, 2.45) is 35.5 Å². The number of rotatable bonds is 9. The van der Waals surface area contributed by atoms with Crippen LogP contribution >= 0.6 is 0 Å². The van der Waals surface area contributed by atoms with Gasteiger partial charge in [0.2, 0.25) is 11.9 Å². The quantitative estimate of drug-likeness (QED) is 0.173. The number of aromatic nitrogens is 4. The average molecular weight is 871 g/mol. The summed E-state index contributed by atoms with van der Waals surface area (Å²) < 4.78 is 85.6. The number of carbonyl (C=O) groups excluding carboxylic acids is 1. The number of esters is 1. The standard InChI is InChI=1S/C18H21F3N4O3.C16H19F3N4O2.C2H4O2.C2H6.C2H2/c19-18(20,21)15-14(8-1-2-8)16(23-17(22-15)25-4-9(26)5-25)24-6-11-10(3-13(27)28)12(11)7-24;1-25-14(24)5-9-10-7-23(8-11(9)10)13-6-12(16(17,18)19)20-15(21-13)22-3-2-4-22;1-2(3)4;2*1-2/h8-12,26H,1-7H2,(H,27,28);6,9-11H,2-5,7-8H2,1H3;1H3,(H,3,4);1-2H3;1-2H/t10?,11-,12+;9?,10-,11+;;;. The molecular formula is C40H52F6N8O7. The van der Waals surface area contributed by atoms with Gasteiger partial charge in [0.1, 0.15) is 11.6 Å². The smallest absolute Gasteiger partial charge is 0.433 e. The van der Waals surface area contributed by atoms with Crippen molar-refractivity contribution in [3.8, 4) is 12.8 Å². The third kappa shape index (κ3) is 11.0. The predicted octanol–water partition coefficient (Wildman–Crippen LogP) is 5.03. The number of carboxylic acids is 2. The van der Waals surface area contributed by atoms with E-state index in [2.05, 4.69) is 37.5 Å². The van der Waals surface area contributed by atoms with Gasteiger partial charge in [-0.3, -0.25) is 14.4 Å². The number of piperidine rings is 2. The van der Waals surface area contributed by atoms with Crippen molar-refractivity contribution in [1.29, 1.82) is 0 Å². The summed E-state index contributed by atoms with van der Waals surface area (Å²) in [7, 11) is 1.36. The first kappa shape index (κ1) is 46.9. The number of carboxylic acid groups (broad SMARTS) is 2. The van der Waals surface area contributed by atoms with Gasteiger partial charge in [0.15, 0.2) is 11.4 Å². The van der Waals surface area contributed by atoms with Crippen molar-refractivity contribution in [2.75, 3.05) is 79.1 Å². The third-order valence-electron chi connectivity index (χ3n) is 11.8. The SMILES string of the molecule is C#C.CC.CC(=O)O.COC(=O)CC1[C@H]2CN(c3cc(C(F)(F)F)nc(N4CCC4)n3)C[C@@H]12.O=C(O)CC1[C@H]2CN(c3nc(N4CC(O)C4)nc(C(F)(F)F)c3C3CC3)C[C@@H]12. The van der Waals surface area contributed by atoms with Crippen LogP contribution in [0, 0.1) is 48.4 Å². The number of nitrogens with zero attached hydrogens (tertiary/aromatic N) is 8. The van der Waals surface area contributed by atoms with E-state index in [1.54, 1.807) is 9.80 Å². The zero-order valence-corrected chi connectivity index (χ0v) is 34.4. The minimum absolute atomic E-state index is 0.0136. The molecule has 15 nitrogen and oxygen atoms in total. The number of fused-ring (bicyclic) bond motifs is 2. The molecule has 61 heavy (non-hydrogen) atoms. The number of aliphatic hydroxyl groups excluding tert-OH is 1. The lowest BCUT2D eigenvalue weighted by Gasteiger charge is -2.37. The van der Waals surface area contributed by atoms with E-state index < -0.39 is 41.8 Å². The molecule has 6 heterocycles. The highest BCUT2D eigenvalue weighted by molar-refractivity contribution is 5.70. The van der Waals surface area contributed by atoms with Crippen LogP contribution in [0.3, 0.4) is 0 Å². The van der Waals surface area contributed by atoms with Gasteiger partial charge >= 0.3 is 24.3 Å². The van der Waals surface area contributed by atoms with E-state index in [4.69, 9.17) is 15.0 Å². The zero-order valence-electron chi connectivity index (χ0n) is 34.4. The van der Waals surface area contributed by atoms with E-state index in [0.29, 0.717) is 82.0 Å². The molecule has 3 saturated carbocycles. The number of aliphatic hydroxyl groups is 1. The first-order valence-electron chi connectivity index (χ1n) is 20.3. The number of alkyl halides is 6. The fourth-order valence-electron chi connectivity index (χ4n) is 8.54. The molecule has 21 heteroatoms. The highest BCUT2D eigenvalue weighted by atomic mass is 19.4. The van der Waals surface area contributed by atoms with Crippen molar-refractivity contribution < 1.29 is 60.8 Å². The Kier molecular flexibility index (Phi) is 14.5. The van der Waals surface area contributed by atoms with E-state index in [1.807, 2.05) is 23.6 Å². The van der Waals surface area contributed by atoms with E-state index in [1.165, 1.54) is 7.11 Å². The zero-order chi connectivity index (χ0) is 45.1. The van der Waals surface area contributed by atoms with Gasteiger partial charge in [0, 0.05) is 83.8 Å². The normalized spacial score (nSPS) is 25.5. The number of aliphatic carboxylic acids is 2. The van der Waals surface area contributed by atoms with Gasteiger partial charge < -0.3 is 39.7 Å². The molecule has 7 fully saturated rings. The molecule has 9 rings (SSSR count). The van der Waals surface area contributed by atoms with Gasteiger partial charge in [0.25, 0.3) is 5.97 Å². The maximum Gasteiger partial charge on any atom is 0.433 e. The number of hydrogen-bond acceptors (Lipinski definition) is 13. The Morgan fingerprint density at radius 2 is 1.26 bits per heavy atom. The van der Waals surface area contributed by atoms with Gasteiger partial charge in [0.05, 0.1) is 13.2 Å². The molecule has 3 aliphatic carbocycles. The van der Waals surface area contributed by atoms with Gasteiger partial charge in [-0.25, -0.2) is 9.97 Å². The lowest BCUT2D eigenvalue weighted by molar-refractivity contribution is -0.142. The molecule has 4 aliphatic heterocycles. The largest absolute Gasteiger partial charge is 0.481 e. The van der Waals surface area contributed by atoms with Crippen LogP contribution in [0.25, 0.3) is 0 Å². The summed E-state index contributed by atoms with van der Waals surface area (Å²) in [4.78, 5) is 54.8. The summed E-state index contributed by atoms with van der Waals surface area (Å²) in [5.41, 5.74) is -1.57. The first-order valence-corrected chi connectivity index (χ1v) is 20.3. The molecule has 2 unspecified atom stereocenters. The van der Waals surface area contributed by atoms with Crippen molar-refractivity contribution in [3.63, 3.8) is 0 Å². The van der Waals surface area contributed by atoms with Gasteiger partial charge in [-0.2, -0.15) is 36.3 Å². The summed E-state index contributed by atoms with van der Waals surface area (Å²) in [5.74, 6) is 0.259. The minimum atomic E-state index is -4.57. The summed E-state index contributed by atoms with van der Waals surface area (Å²) in [6.45, 7) is 9.24. The number of ether oxygens (including phenoxy) is 1. The third-order valence-corrected chi connectivity index (χ3v) is 11.8. The molecule has 0 spiro atoms. The second-order valence-corrected chi connectivity index (χ2v) is 15.9. The van der Waals surface area contributed by atoms with Crippen LogP contribution in [-0.2, 0) is 31.5 Å². The Hall–Kier alpha value is -5.13. The average Bonchev–Trinajstić information content (AvgIpc) is 4.12. The van der Waals surface area contributed by atoms with Crippen molar-refractivity contribution >= 4 is 41.4 Å². The van der Waals surface area contributed by atoms with Crippen molar-refractivity contribution in [2.45, 2.75) is 77.2 Å². The molecule has 0 radical (unpaired) electrons. The number of carbonyl (C=O) groups is 3. The number of methoxy groups -OCH3 is 1. The number of terminal acetylenes is 1. The highest BCUT2D eigenvalue weighted by Gasteiger charge is 2.58. The molecule has 336 valence electrons. The number of β-amino-alcohol motifs (C(OH)–C–C–N with tert-alkyl or cyclic N) is 1. The Morgan fingerprint density at radius 1 is 0.754 bits per heavy atom. The van der Waals surface area contributed by atoms with Crippen LogP contribution < -0.4 is 19.6 Å². The van der Waals surface area contributed by atoms with Crippen LogP contribution in [0.4, 0.5) is 49.9 Å². The van der Waals surface area contributed by atoms with Gasteiger partial charge in [-0.15, -0.1) is 12.8 Å². The Morgan fingerprint density at radius 3 is 1.69 bits per heavy atom. The summed E-state index contributed by atoms with van der Waals surface area (Å²) in [6, 6.07) is 1.03. The first-order chi connectivity index (χ1) is 28.8. The van der Waals surface area contributed by atoms with E-state index >= 15 is 0 Å². The maximum absolute atomic E-state index is 13.8. The second-order valence-electron chi connectivity index (χ2n) is 15.9. The highest BCUT2D eigenvalue weighted by Crippen LogP contribution is 2.57. The van der Waals surface area contributed by atoms with Crippen LogP contribution in [0.1, 0.15) is 75.7 Å². The topological polar surface area (TPSA) is 186 Å². The summed E-state index contributed by atoms with van der Waals surface area (Å²) in [5, 5.41) is 25.9. The molecule has 2 aromatic heterocycles. The molecule has 4 saturated heterocycles. The predicted molar refractivity (Wildman–Crippen MR) is 210 cm³/mol. The molecule has 0 amide bonds. The number of anilines is 4. The molecule has 3 N–H and O–H groups in total. The molecule has 0 aromatic carbocycles. The molecule has 0 bridgehead atoms. The fraction of sp³-hybridized carbons (Fsp3) is 0.675. The van der Waals surface area contributed by atoms with Crippen molar-refractivity contribution in [1.82, 2.24) is 19.9 Å². The molecule has 6 atom stereocenters. The lowest BCUT2D eigenvalue weighted by Crippen LogP contribution is -2.51. The minimum Gasteiger partial charge on any atom is -0.481 e. The molecular weight excluding hydrogens is 818 g/mol. The fourth-order valence-corrected chi connectivity index (χ4v) is 8.54. The second kappa shape index (κ2) is 18.9. The monoisotopic (exact) mass is 870 g/mol. The van der Waals surface area contributed by atoms with E-state index in [0.717, 1.165) is 19.4 Å². The van der Waals surface area contributed by atoms with Crippen molar-refractivity contribution in [3.05, 3.63) is 23.0 Å². The lowest BCUT2D eigenvalue weighted by atomic mass is 10.1. The Labute approximate surface area is 349 Å². The van der Waals surface area contributed by atoms with Crippen LogP contribution in [0.15, 0.2) is 6.07 Å². The van der Waals surface area contributed by atoms with E-state index in [-0.39, 0.29) is 72.5 Å². The summed E-state index contributed by atoms with van der Waals surface area (Å²) in [6.07, 6.45) is 1.21. The molecule has 2 aromatic rings.